The minimum atomic E-state index is -1.55. The molecule has 7 N–H and O–H groups in total. The second kappa shape index (κ2) is 24.9. The van der Waals surface area contributed by atoms with Gasteiger partial charge in [-0.3, -0.25) is 4.79 Å². The number of anilines is 2. The molecule has 5 aromatic rings. The minimum Gasteiger partial charge on any atom is -1.00 e. The van der Waals surface area contributed by atoms with Crippen LogP contribution >= 0.6 is 46.4 Å². The first-order valence-electron chi connectivity index (χ1n) is 14.7. The van der Waals surface area contributed by atoms with Crippen molar-refractivity contribution in [1.29, 1.82) is 0 Å². The van der Waals surface area contributed by atoms with E-state index in [2.05, 4.69) is 14.9 Å². The Labute approximate surface area is 426 Å². The first-order valence-corrected chi connectivity index (χ1v) is 16.2. The van der Waals surface area contributed by atoms with Gasteiger partial charge in [-0.1, -0.05) is 76.7 Å². The fraction of sp³-hybridized carbons (Fsp3) is 0.0882. The summed E-state index contributed by atoms with van der Waals surface area (Å²) in [6, 6.07) is 13.6. The molecule has 0 aliphatic heterocycles. The molecule has 5 rings (SSSR count). The smallest absolute Gasteiger partial charge is 1.00 e. The zero-order chi connectivity index (χ0) is 41.1. The van der Waals surface area contributed by atoms with Crippen molar-refractivity contribution in [2.75, 3.05) is 11.5 Å². The molecule has 0 spiro atoms. The molecule has 0 unspecified atom stereocenters. The molecule has 0 saturated heterocycles. The van der Waals surface area contributed by atoms with Gasteiger partial charge in [0.1, 0.15) is 29.6 Å². The zero-order valence-corrected chi connectivity index (χ0v) is 38.5. The quantitative estimate of drug-likeness (QED) is 0.0338. The first kappa shape index (κ1) is 53.0. The monoisotopic (exact) mass is 926 g/mol. The molecule has 0 fully saturated rings. The Morgan fingerprint density at radius 2 is 1.14 bits per heavy atom. The normalized spacial score (nSPS) is 10.0. The molecule has 23 heteroatoms. The van der Waals surface area contributed by atoms with Gasteiger partial charge >= 0.3 is 115 Å². The van der Waals surface area contributed by atoms with Crippen molar-refractivity contribution in [3.8, 4) is 22.5 Å². The van der Waals surface area contributed by atoms with Crippen molar-refractivity contribution < 1.29 is 166 Å². The number of ether oxygens (including phenoxy) is 1. The summed E-state index contributed by atoms with van der Waals surface area (Å²) < 4.78 is 63.0. The number of esters is 1. The average Bonchev–Trinajstić information content (AvgIpc) is 3.17. The van der Waals surface area contributed by atoms with Crippen LogP contribution in [0.1, 0.15) is 39.1 Å². The van der Waals surface area contributed by atoms with Gasteiger partial charge in [0.25, 0.3) is 6.47 Å². The van der Waals surface area contributed by atoms with Crippen LogP contribution in [0, 0.1) is 23.3 Å². The van der Waals surface area contributed by atoms with E-state index >= 15 is 0 Å². The Kier molecular flexibility index (Phi) is 23.2. The number of aliphatic hydroxyl groups is 2. The Morgan fingerprint density at radius 3 is 1.53 bits per heavy atom. The maximum absolute atomic E-state index is 14.7. The van der Waals surface area contributed by atoms with E-state index in [-0.39, 0.29) is 144 Å². The van der Waals surface area contributed by atoms with Crippen LogP contribution in [0.25, 0.3) is 22.5 Å². The largest absolute Gasteiger partial charge is 1.00 e. The van der Waals surface area contributed by atoms with Crippen molar-refractivity contribution in [3.05, 3.63) is 126 Å². The molecule has 13 nitrogen and oxygen atoms in total. The van der Waals surface area contributed by atoms with Crippen molar-refractivity contribution in [2.24, 2.45) is 0 Å². The van der Waals surface area contributed by atoms with Gasteiger partial charge in [-0.25, -0.2) is 37.1 Å². The number of carboxylic acids is 1. The van der Waals surface area contributed by atoms with Crippen LogP contribution in [0.2, 0.25) is 20.1 Å². The Balaban J connectivity index is 0.00000101. The van der Waals surface area contributed by atoms with Crippen molar-refractivity contribution in [2.45, 2.75) is 19.8 Å². The number of nitrogens with two attached hydrogens (primary N) is 2. The van der Waals surface area contributed by atoms with E-state index in [9.17, 15) is 32.3 Å². The van der Waals surface area contributed by atoms with E-state index in [0.717, 1.165) is 12.1 Å². The van der Waals surface area contributed by atoms with E-state index in [4.69, 9.17) is 82.9 Å². The molecule has 3 aromatic carbocycles. The Hall–Kier alpha value is -2.00. The molecule has 2 aromatic heterocycles. The van der Waals surface area contributed by atoms with Gasteiger partial charge in [0.2, 0.25) is 0 Å². The van der Waals surface area contributed by atoms with Gasteiger partial charge in [0, 0.05) is 32.3 Å². The topological polar surface area (TPSA) is 231 Å². The second-order valence-corrected chi connectivity index (χ2v) is 11.9. The number of carbonyl (C=O) groups is 3. The molecule has 0 bridgehead atoms. The summed E-state index contributed by atoms with van der Waals surface area (Å²) in [7, 11) is 0. The van der Waals surface area contributed by atoms with Crippen LogP contribution < -0.4 is 119 Å². The van der Waals surface area contributed by atoms with Gasteiger partial charge in [-0.05, 0) is 29.8 Å². The molecular weight excluding hydrogens is 904 g/mol. The number of carboxylic acid groups (broad SMARTS) is 1. The van der Waals surface area contributed by atoms with Crippen LogP contribution in [0.3, 0.4) is 0 Å². The zero-order valence-electron chi connectivity index (χ0n) is 30.3. The summed E-state index contributed by atoms with van der Waals surface area (Å²) in [5, 5.41) is 34.7. The molecule has 0 amide bonds. The summed E-state index contributed by atoms with van der Waals surface area (Å²) in [5.74, 6) is -6.80. The van der Waals surface area contributed by atoms with Crippen molar-refractivity contribution in [3.63, 3.8) is 0 Å². The number of aliphatic hydroxyl groups excluding tert-OH is 2. The summed E-state index contributed by atoms with van der Waals surface area (Å²) in [5.41, 5.74) is 6.93. The molecule has 292 valence electrons. The van der Waals surface area contributed by atoms with E-state index in [1.54, 1.807) is 30.3 Å². The Morgan fingerprint density at radius 1 is 0.737 bits per heavy atom. The molecule has 57 heavy (non-hydrogen) atoms. The molecule has 0 saturated carbocycles. The summed E-state index contributed by atoms with van der Waals surface area (Å²) in [6.07, 6.45) is 0. The number of carbonyl (C=O) groups excluding carboxylic acids is 2. The summed E-state index contributed by atoms with van der Waals surface area (Å²) in [4.78, 5) is 42.1. The predicted octanol–water partition coefficient (Wildman–Crippen LogP) is 0.427. The van der Waals surface area contributed by atoms with Crippen LogP contribution in [0.15, 0.2) is 54.6 Å². The van der Waals surface area contributed by atoms with Crippen molar-refractivity contribution >= 4 is 76.2 Å². The minimum absolute atomic E-state index is 0. The SMILES string of the molecule is Nc1c(F)c(-c2ccc(Cl)c(CO)c2F)nc(C(=O)O)c1Cl.Nc1c(F)c(-c2ccc(Cl)c(CO)c2F)nc(C(=O)OCc2ccccc2)c1Cl.O=CO[O-].[H-].[K+].[K+]. The van der Waals surface area contributed by atoms with E-state index in [0.29, 0.717) is 5.56 Å². The number of halogens is 8. The summed E-state index contributed by atoms with van der Waals surface area (Å²) in [6.45, 7) is -1.70. The van der Waals surface area contributed by atoms with Crippen LogP contribution in [-0.4, -0.2) is 43.7 Å². The van der Waals surface area contributed by atoms with E-state index in [1.807, 2.05) is 0 Å². The number of rotatable bonds is 9. The number of benzene rings is 3. The number of aromatic carboxylic acids is 1. The number of aromatic nitrogens is 2. The molecule has 0 radical (unpaired) electrons. The van der Waals surface area contributed by atoms with Gasteiger partial charge in [0.05, 0.1) is 34.6 Å². The molecule has 0 aliphatic rings. The van der Waals surface area contributed by atoms with Crippen LogP contribution in [0.4, 0.5) is 28.9 Å². The second-order valence-electron chi connectivity index (χ2n) is 10.4. The third kappa shape index (κ3) is 13.0. The average molecular weight is 929 g/mol. The van der Waals surface area contributed by atoms with Gasteiger partial charge < -0.3 is 43.1 Å². The van der Waals surface area contributed by atoms with Crippen LogP contribution in [-0.2, 0) is 34.2 Å². The van der Waals surface area contributed by atoms with Gasteiger partial charge in [-0.2, -0.15) is 0 Å². The third-order valence-corrected chi connectivity index (χ3v) is 8.54. The third-order valence-electron chi connectivity index (χ3n) is 7.07. The summed E-state index contributed by atoms with van der Waals surface area (Å²) >= 11 is 23.1. The Bertz CT molecular complexity index is 2260. The van der Waals surface area contributed by atoms with E-state index < -0.39 is 98.2 Å². The predicted molar refractivity (Wildman–Crippen MR) is 191 cm³/mol. The first-order chi connectivity index (χ1) is 26.0. The molecular formula is C34H24Cl4F4K2N4O9. The van der Waals surface area contributed by atoms with E-state index in [1.165, 1.54) is 12.1 Å². The maximum atomic E-state index is 14.7. The fourth-order valence-electron chi connectivity index (χ4n) is 4.40. The number of nitrogens with zero attached hydrogens (tertiary/aromatic N) is 2. The number of hydrogen-bond donors (Lipinski definition) is 5. The van der Waals surface area contributed by atoms with Crippen LogP contribution in [0.5, 0.6) is 0 Å². The fourth-order valence-corrected chi connectivity index (χ4v) is 5.22. The maximum Gasteiger partial charge on any atom is 1.00 e. The molecule has 2 heterocycles. The standard InChI is InChI=1S/C20H14Cl2F2N2O3.C13H8Cl2F2N2O3.CH2O3.2K.H/c21-13-7-6-11(15(23)12(13)8-27)18-16(24)17(25)14(22)19(26-18)20(28)29-9-10-4-2-1-3-5-10;14-6-2-1-4(8(16)5(6)3-20)11-9(17)10(18)7(15)12(19-11)13(21)22;2-1-4-3;;;/h1-7,27H,8-9H2,(H2,25,26);1-2,20H,3H2,(H2,18,19)(H,21,22);1,3H;;;/q;;;2*+1;-1/p-1. The van der Waals surface area contributed by atoms with Gasteiger partial charge in [-0.15, -0.1) is 0 Å². The molecule has 0 atom stereocenters. The number of pyridine rings is 2. The van der Waals surface area contributed by atoms with Crippen molar-refractivity contribution in [1.82, 2.24) is 9.97 Å². The molecule has 0 aliphatic carbocycles. The van der Waals surface area contributed by atoms with Gasteiger partial charge in [0.15, 0.2) is 23.0 Å². The number of nitrogen functional groups attached to an aromatic ring is 2. The number of hydrogen-bond acceptors (Lipinski definition) is 12.